The van der Waals surface area contributed by atoms with E-state index in [0.717, 1.165) is 36.3 Å². The third-order valence-electron chi connectivity index (χ3n) is 4.17. The SMILES string of the molecule is Cc1cccc2c1NC(=O)C1(CCCC1)CN2. The standard InChI is InChI=1S/C14H18N2O/c1-10-5-4-6-11-12(10)16-13(17)14(9-15-11)7-2-3-8-14/h4-6,15H,2-3,7-9H2,1H3,(H,16,17). The van der Waals surface area contributed by atoms with E-state index in [4.69, 9.17) is 0 Å². The van der Waals surface area contributed by atoms with Crippen molar-refractivity contribution in [2.75, 3.05) is 17.2 Å². The van der Waals surface area contributed by atoms with Gasteiger partial charge in [0.1, 0.15) is 0 Å². The normalized spacial score (nSPS) is 21.6. The maximum Gasteiger partial charge on any atom is 0.232 e. The molecule has 1 aliphatic heterocycles. The number of amides is 1. The first-order valence-electron chi connectivity index (χ1n) is 6.36. The summed E-state index contributed by atoms with van der Waals surface area (Å²) in [5, 5.41) is 6.57. The number of para-hydroxylation sites is 1. The molecular formula is C14H18N2O. The number of rotatable bonds is 0. The second kappa shape index (κ2) is 3.76. The molecule has 17 heavy (non-hydrogen) atoms. The van der Waals surface area contributed by atoms with E-state index in [1.165, 1.54) is 12.8 Å². The first-order valence-corrected chi connectivity index (χ1v) is 6.36. The molecule has 1 spiro atoms. The van der Waals surface area contributed by atoms with Gasteiger partial charge >= 0.3 is 0 Å². The Bertz CT molecular complexity index is 461. The van der Waals surface area contributed by atoms with Crippen molar-refractivity contribution in [1.29, 1.82) is 0 Å². The molecule has 1 saturated carbocycles. The van der Waals surface area contributed by atoms with Crippen LogP contribution in [-0.4, -0.2) is 12.5 Å². The number of fused-ring (bicyclic) bond motifs is 1. The Morgan fingerprint density at radius 1 is 1.24 bits per heavy atom. The maximum atomic E-state index is 12.4. The molecule has 2 N–H and O–H groups in total. The van der Waals surface area contributed by atoms with Crippen molar-refractivity contribution in [2.24, 2.45) is 5.41 Å². The predicted molar refractivity (Wildman–Crippen MR) is 69.2 cm³/mol. The lowest BCUT2D eigenvalue weighted by Crippen LogP contribution is -2.37. The third kappa shape index (κ3) is 1.61. The Hall–Kier alpha value is -1.51. The Labute approximate surface area is 102 Å². The molecule has 1 amide bonds. The summed E-state index contributed by atoms with van der Waals surface area (Å²) in [4.78, 5) is 12.4. The Kier molecular flexibility index (Phi) is 2.35. The Morgan fingerprint density at radius 2 is 2.00 bits per heavy atom. The van der Waals surface area contributed by atoms with Gasteiger partial charge in [-0.15, -0.1) is 0 Å². The summed E-state index contributed by atoms with van der Waals surface area (Å²) >= 11 is 0. The molecule has 1 fully saturated rings. The van der Waals surface area contributed by atoms with Crippen LogP contribution in [-0.2, 0) is 4.79 Å². The van der Waals surface area contributed by atoms with Gasteiger partial charge in [0, 0.05) is 6.54 Å². The van der Waals surface area contributed by atoms with E-state index in [1.54, 1.807) is 0 Å². The molecule has 3 heteroatoms. The molecule has 1 aliphatic carbocycles. The fourth-order valence-corrected chi connectivity index (χ4v) is 3.03. The second-order valence-corrected chi connectivity index (χ2v) is 5.29. The van der Waals surface area contributed by atoms with E-state index < -0.39 is 0 Å². The number of benzene rings is 1. The summed E-state index contributed by atoms with van der Waals surface area (Å²) in [5.41, 5.74) is 2.97. The van der Waals surface area contributed by atoms with Crippen LogP contribution in [0.1, 0.15) is 31.2 Å². The van der Waals surface area contributed by atoms with E-state index in [0.29, 0.717) is 0 Å². The van der Waals surface area contributed by atoms with Crippen LogP contribution in [0.5, 0.6) is 0 Å². The number of hydrogen-bond acceptors (Lipinski definition) is 2. The summed E-state index contributed by atoms with van der Waals surface area (Å²) in [5.74, 6) is 0.204. The smallest absolute Gasteiger partial charge is 0.232 e. The van der Waals surface area contributed by atoms with Crippen molar-refractivity contribution in [1.82, 2.24) is 0 Å². The van der Waals surface area contributed by atoms with Gasteiger partial charge in [-0.1, -0.05) is 25.0 Å². The van der Waals surface area contributed by atoms with Gasteiger partial charge in [0.25, 0.3) is 0 Å². The molecule has 3 rings (SSSR count). The van der Waals surface area contributed by atoms with Gasteiger partial charge in [-0.2, -0.15) is 0 Å². The number of anilines is 2. The molecule has 3 nitrogen and oxygen atoms in total. The topological polar surface area (TPSA) is 41.1 Å². The van der Waals surface area contributed by atoms with Crippen LogP contribution in [0.2, 0.25) is 0 Å². The van der Waals surface area contributed by atoms with Gasteiger partial charge in [-0.3, -0.25) is 4.79 Å². The summed E-state index contributed by atoms with van der Waals surface area (Å²) in [7, 11) is 0. The van der Waals surface area contributed by atoms with Gasteiger partial charge in [-0.05, 0) is 31.4 Å². The minimum Gasteiger partial charge on any atom is -0.382 e. The van der Waals surface area contributed by atoms with E-state index in [-0.39, 0.29) is 11.3 Å². The van der Waals surface area contributed by atoms with Crippen molar-refractivity contribution >= 4 is 17.3 Å². The van der Waals surface area contributed by atoms with Gasteiger partial charge in [0.2, 0.25) is 5.91 Å². The quantitative estimate of drug-likeness (QED) is 0.719. The number of carbonyl (C=O) groups is 1. The summed E-state index contributed by atoms with van der Waals surface area (Å²) < 4.78 is 0. The summed E-state index contributed by atoms with van der Waals surface area (Å²) in [6.07, 6.45) is 4.37. The fourth-order valence-electron chi connectivity index (χ4n) is 3.03. The first kappa shape index (κ1) is 10.6. The largest absolute Gasteiger partial charge is 0.382 e. The lowest BCUT2D eigenvalue weighted by Gasteiger charge is -2.24. The van der Waals surface area contributed by atoms with E-state index in [9.17, 15) is 4.79 Å². The van der Waals surface area contributed by atoms with Crippen molar-refractivity contribution in [2.45, 2.75) is 32.6 Å². The molecule has 0 unspecified atom stereocenters. The highest BCUT2D eigenvalue weighted by molar-refractivity contribution is 6.00. The van der Waals surface area contributed by atoms with Crippen LogP contribution in [0.25, 0.3) is 0 Å². The molecule has 0 aromatic heterocycles. The van der Waals surface area contributed by atoms with E-state index >= 15 is 0 Å². The molecule has 0 saturated heterocycles. The van der Waals surface area contributed by atoms with Gasteiger partial charge < -0.3 is 10.6 Å². The van der Waals surface area contributed by atoms with Gasteiger partial charge in [-0.25, -0.2) is 0 Å². The Balaban J connectivity index is 1.99. The van der Waals surface area contributed by atoms with Crippen LogP contribution >= 0.6 is 0 Å². The molecule has 2 aliphatic rings. The zero-order chi connectivity index (χ0) is 11.9. The predicted octanol–water partition coefficient (Wildman–Crippen LogP) is 2.92. The van der Waals surface area contributed by atoms with E-state index in [2.05, 4.69) is 10.6 Å². The highest BCUT2D eigenvalue weighted by Crippen LogP contribution is 2.42. The summed E-state index contributed by atoms with van der Waals surface area (Å²) in [6.45, 7) is 2.81. The number of hydrogen-bond donors (Lipinski definition) is 2. The monoisotopic (exact) mass is 230 g/mol. The molecular weight excluding hydrogens is 212 g/mol. The molecule has 0 atom stereocenters. The molecule has 1 heterocycles. The minimum absolute atomic E-state index is 0.175. The molecule has 0 radical (unpaired) electrons. The molecule has 1 aromatic rings. The molecule has 0 bridgehead atoms. The van der Waals surface area contributed by atoms with Crippen molar-refractivity contribution in [3.8, 4) is 0 Å². The highest BCUT2D eigenvalue weighted by Gasteiger charge is 2.42. The first-order chi connectivity index (χ1) is 8.21. The lowest BCUT2D eigenvalue weighted by atomic mass is 9.85. The highest BCUT2D eigenvalue weighted by atomic mass is 16.2. The van der Waals surface area contributed by atoms with Crippen LogP contribution in [0.15, 0.2) is 18.2 Å². The van der Waals surface area contributed by atoms with Crippen LogP contribution < -0.4 is 10.6 Å². The second-order valence-electron chi connectivity index (χ2n) is 5.29. The van der Waals surface area contributed by atoms with Gasteiger partial charge in [0.15, 0.2) is 0 Å². The molecule has 90 valence electrons. The van der Waals surface area contributed by atoms with Crippen molar-refractivity contribution < 1.29 is 4.79 Å². The van der Waals surface area contributed by atoms with Gasteiger partial charge in [0.05, 0.1) is 16.8 Å². The zero-order valence-electron chi connectivity index (χ0n) is 10.2. The van der Waals surface area contributed by atoms with Crippen LogP contribution in [0.4, 0.5) is 11.4 Å². The zero-order valence-corrected chi connectivity index (χ0v) is 10.2. The average molecular weight is 230 g/mol. The Morgan fingerprint density at radius 3 is 2.76 bits per heavy atom. The van der Waals surface area contributed by atoms with Crippen LogP contribution in [0.3, 0.4) is 0 Å². The van der Waals surface area contributed by atoms with Crippen molar-refractivity contribution in [3.63, 3.8) is 0 Å². The maximum absolute atomic E-state index is 12.4. The number of carbonyl (C=O) groups excluding carboxylic acids is 1. The fraction of sp³-hybridized carbons (Fsp3) is 0.500. The van der Waals surface area contributed by atoms with E-state index in [1.807, 2.05) is 25.1 Å². The summed E-state index contributed by atoms with van der Waals surface area (Å²) in [6, 6.07) is 6.10. The van der Waals surface area contributed by atoms with Crippen LogP contribution in [0, 0.1) is 12.3 Å². The molecule has 1 aromatic carbocycles. The lowest BCUT2D eigenvalue weighted by molar-refractivity contribution is -0.124. The number of nitrogens with one attached hydrogen (secondary N) is 2. The van der Waals surface area contributed by atoms with Crippen molar-refractivity contribution in [3.05, 3.63) is 23.8 Å². The third-order valence-corrected chi connectivity index (χ3v) is 4.17. The number of aryl methyl sites for hydroxylation is 1. The minimum atomic E-state index is -0.175. The average Bonchev–Trinajstić information content (AvgIpc) is 2.74.